The molecule has 0 bridgehead atoms. The molecule has 0 saturated carbocycles. The highest BCUT2D eigenvalue weighted by molar-refractivity contribution is 5.29. The molecule has 2 aromatic rings. The van der Waals surface area contributed by atoms with Crippen molar-refractivity contribution in [2.45, 2.75) is 31.8 Å². The predicted octanol–water partition coefficient (Wildman–Crippen LogP) is 2.49. The van der Waals surface area contributed by atoms with Crippen LogP contribution in [0.4, 0.5) is 5.95 Å². The van der Waals surface area contributed by atoms with Crippen molar-refractivity contribution in [1.82, 2.24) is 15.0 Å². The molecule has 2 fully saturated rings. The van der Waals surface area contributed by atoms with Crippen molar-refractivity contribution in [1.29, 1.82) is 0 Å². The van der Waals surface area contributed by atoms with Crippen molar-refractivity contribution in [3.05, 3.63) is 48.5 Å². The van der Waals surface area contributed by atoms with Gasteiger partial charge in [-0.1, -0.05) is 6.07 Å². The summed E-state index contributed by atoms with van der Waals surface area (Å²) in [6.45, 7) is 2.92. The Labute approximate surface area is 136 Å². The lowest BCUT2D eigenvalue weighted by atomic mass is 9.76. The van der Waals surface area contributed by atoms with Gasteiger partial charge in [0, 0.05) is 43.8 Å². The van der Waals surface area contributed by atoms with Crippen LogP contribution >= 0.6 is 0 Å². The van der Waals surface area contributed by atoms with Crippen molar-refractivity contribution in [2.24, 2.45) is 5.41 Å². The first-order chi connectivity index (χ1) is 11.3. The molecule has 0 N–H and O–H groups in total. The third-order valence-corrected chi connectivity index (χ3v) is 5.11. The third-order valence-electron chi connectivity index (χ3n) is 5.11. The van der Waals surface area contributed by atoms with Crippen molar-refractivity contribution in [2.75, 3.05) is 24.6 Å². The van der Waals surface area contributed by atoms with Gasteiger partial charge in [-0.15, -0.1) is 0 Å². The Balaban J connectivity index is 1.35. The molecule has 2 saturated heterocycles. The van der Waals surface area contributed by atoms with Gasteiger partial charge in [-0.2, -0.15) is 0 Å². The number of nitrogens with zero attached hydrogens (tertiary/aromatic N) is 4. The van der Waals surface area contributed by atoms with Gasteiger partial charge in [-0.25, -0.2) is 9.97 Å². The molecule has 5 heteroatoms. The number of rotatable bonds is 3. The summed E-state index contributed by atoms with van der Waals surface area (Å²) in [4.78, 5) is 15.4. The normalized spacial score (nSPS) is 23.3. The van der Waals surface area contributed by atoms with Gasteiger partial charge < -0.3 is 9.64 Å². The molecule has 1 atom stereocenters. The Bertz CT molecular complexity index is 626. The maximum Gasteiger partial charge on any atom is 0.225 e. The maximum absolute atomic E-state index is 6.10. The molecular formula is C18H22N4O. The second-order valence-electron chi connectivity index (χ2n) is 6.70. The summed E-state index contributed by atoms with van der Waals surface area (Å²) in [5, 5.41) is 0. The van der Waals surface area contributed by atoms with Crippen LogP contribution in [0.25, 0.3) is 0 Å². The topological polar surface area (TPSA) is 51.1 Å². The number of hydrogen-bond donors (Lipinski definition) is 0. The van der Waals surface area contributed by atoms with Crippen molar-refractivity contribution in [3.63, 3.8) is 0 Å². The van der Waals surface area contributed by atoms with Crippen LogP contribution in [-0.2, 0) is 11.2 Å². The average molecular weight is 310 g/mol. The first kappa shape index (κ1) is 14.6. The average Bonchev–Trinajstić information content (AvgIpc) is 2.99. The van der Waals surface area contributed by atoms with Crippen LogP contribution in [0.5, 0.6) is 0 Å². The molecule has 0 radical (unpaired) electrons. The molecule has 2 aliphatic rings. The van der Waals surface area contributed by atoms with Crippen molar-refractivity contribution in [3.8, 4) is 0 Å². The molecule has 0 amide bonds. The molecule has 1 spiro atoms. The number of hydrogen-bond acceptors (Lipinski definition) is 5. The van der Waals surface area contributed by atoms with Crippen LogP contribution in [0.2, 0.25) is 0 Å². The molecule has 23 heavy (non-hydrogen) atoms. The highest BCUT2D eigenvalue weighted by atomic mass is 16.5. The minimum atomic E-state index is 0.310. The minimum absolute atomic E-state index is 0.310. The van der Waals surface area contributed by atoms with Crippen LogP contribution in [-0.4, -0.2) is 40.8 Å². The summed E-state index contributed by atoms with van der Waals surface area (Å²) in [7, 11) is 0. The van der Waals surface area contributed by atoms with E-state index in [2.05, 4.69) is 25.9 Å². The molecule has 2 aliphatic heterocycles. The number of ether oxygens (including phenoxy) is 1. The molecule has 5 nitrogen and oxygen atoms in total. The van der Waals surface area contributed by atoms with Gasteiger partial charge in [0.15, 0.2) is 0 Å². The lowest BCUT2D eigenvalue weighted by molar-refractivity contribution is 0.0881. The molecule has 0 aromatic carbocycles. The largest absolute Gasteiger partial charge is 0.377 e. The van der Waals surface area contributed by atoms with Crippen LogP contribution in [0.3, 0.4) is 0 Å². The van der Waals surface area contributed by atoms with E-state index in [-0.39, 0.29) is 0 Å². The van der Waals surface area contributed by atoms with Gasteiger partial charge in [0.05, 0.1) is 12.7 Å². The van der Waals surface area contributed by atoms with Gasteiger partial charge in [-0.3, -0.25) is 4.98 Å². The second kappa shape index (κ2) is 6.24. The van der Waals surface area contributed by atoms with Crippen LogP contribution in [0, 0.1) is 5.41 Å². The van der Waals surface area contributed by atoms with E-state index in [0.29, 0.717) is 11.5 Å². The second-order valence-corrected chi connectivity index (χ2v) is 6.70. The van der Waals surface area contributed by atoms with Crippen LogP contribution in [0.1, 0.15) is 25.0 Å². The number of anilines is 1. The summed E-state index contributed by atoms with van der Waals surface area (Å²) in [5.41, 5.74) is 1.47. The zero-order chi connectivity index (χ0) is 15.5. The van der Waals surface area contributed by atoms with E-state index in [9.17, 15) is 0 Å². The minimum Gasteiger partial charge on any atom is -0.377 e. The SMILES string of the molecule is c1ccc(C[C@@H]2CC3(CCN(c4ncccn4)CC3)CO2)nc1. The smallest absolute Gasteiger partial charge is 0.225 e. The van der Waals surface area contributed by atoms with E-state index in [1.165, 1.54) is 0 Å². The Morgan fingerprint density at radius 1 is 1.04 bits per heavy atom. The summed E-state index contributed by atoms with van der Waals surface area (Å²) in [5.74, 6) is 0.853. The van der Waals surface area contributed by atoms with E-state index in [0.717, 1.165) is 57.0 Å². The summed E-state index contributed by atoms with van der Waals surface area (Å²) >= 11 is 0. The van der Waals surface area contributed by atoms with E-state index < -0.39 is 0 Å². The van der Waals surface area contributed by atoms with Gasteiger partial charge in [0.25, 0.3) is 0 Å². The first-order valence-electron chi connectivity index (χ1n) is 8.37. The van der Waals surface area contributed by atoms with Crippen molar-refractivity contribution >= 4 is 5.95 Å². The monoisotopic (exact) mass is 310 g/mol. The standard InChI is InChI=1S/C18H22N4O/c1-2-7-19-15(4-1)12-16-13-18(14-23-16)5-10-22(11-6-18)17-20-8-3-9-21-17/h1-4,7-9,16H,5-6,10-14H2/t16-/m1/s1. The zero-order valence-electron chi connectivity index (χ0n) is 13.3. The van der Waals surface area contributed by atoms with Crippen LogP contribution in [0.15, 0.2) is 42.9 Å². The Morgan fingerprint density at radius 2 is 1.83 bits per heavy atom. The Kier molecular flexibility index (Phi) is 3.95. The third kappa shape index (κ3) is 3.20. The molecule has 4 rings (SSSR count). The zero-order valence-corrected chi connectivity index (χ0v) is 13.3. The fourth-order valence-corrected chi connectivity index (χ4v) is 3.76. The highest BCUT2D eigenvalue weighted by Crippen LogP contribution is 2.42. The van der Waals surface area contributed by atoms with Gasteiger partial charge in [0.2, 0.25) is 5.95 Å². The lowest BCUT2D eigenvalue weighted by Gasteiger charge is -2.38. The Morgan fingerprint density at radius 3 is 2.57 bits per heavy atom. The van der Waals surface area contributed by atoms with Gasteiger partial charge in [-0.05, 0) is 42.9 Å². The van der Waals surface area contributed by atoms with E-state index >= 15 is 0 Å². The summed E-state index contributed by atoms with van der Waals surface area (Å²) < 4.78 is 6.10. The van der Waals surface area contributed by atoms with Crippen molar-refractivity contribution < 1.29 is 4.74 Å². The van der Waals surface area contributed by atoms with E-state index in [1.807, 2.05) is 36.8 Å². The molecule has 0 aliphatic carbocycles. The summed E-state index contributed by atoms with van der Waals surface area (Å²) in [6, 6.07) is 7.96. The number of piperidine rings is 1. The molecule has 4 heterocycles. The number of aromatic nitrogens is 3. The Hall–Kier alpha value is -2.01. The molecular weight excluding hydrogens is 288 g/mol. The highest BCUT2D eigenvalue weighted by Gasteiger charge is 2.42. The van der Waals surface area contributed by atoms with Gasteiger partial charge in [0.1, 0.15) is 0 Å². The van der Waals surface area contributed by atoms with Crippen LogP contribution < -0.4 is 4.90 Å². The quantitative estimate of drug-likeness (QED) is 0.872. The maximum atomic E-state index is 6.10. The summed E-state index contributed by atoms with van der Waals surface area (Å²) in [6.07, 6.45) is 10.2. The molecule has 2 aromatic heterocycles. The fourth-order valence-electron chi connectivity index (χ4n) is 3.76. The van der Waals surface area contributed by atoms with Gasteiger partial charge >= 0.3 is 0 Å². The first-order valence-corrected chi connectivity index (χ1v) is 8.37. The molecule has 0 unspecified atom stereocenters. The molecule has 120 valence electrons. The van der Waals surface area contributed by atoms with E-state index in [4.69, 9.17) is 4.74 Å². The fraction of sp³-hybridized carbons (Fsp3) is 0.500. The van der Waals surface area contributed by atoms with E-state index in [1.54, 1.807) is 0 Å². The predicted molar refractivity (Wildman–Crippen MR) is 88.2 cm³/mol. The lowest BCUT2D eigenvalue weighted by Crippen LogP contribution is -2.41. The number of pyridine rings is 1.